The van der Waals surface area contributed by atoms with Gasteiger partial charge >= 0.3 is 0 Å². The number of aryl methyl sites for hydroxylation is 1. The molecule has 1 unspecified atom stereocenters. The van der Waals surface area contributed by atoms with Crippen LogP contribution in [0, 0.1) is 5.41 Å². The number of carbonyl (C=O) groups is 1. The van der Waals surface area contributed by atoms with Gasteiger partial charge < -0.3 is 10.6 Å². The lowest BCUT2D eigenvalue weighted by Crippen LogP contribution is -2.41. The van der Waals surface area contributed by atoms with E-state index in [1.807, 2.05) is 25.2 Å². The number of nitrogens with two attached hydrogens (primary N) is 1. The average molecular weight is 276 g/mol. The zero-order valence-corrected chi connectivity index (χ0v) is 13.2. The maximum Gasteiger partial charge on any atom is 0.223 e. The molecule has 0 heterocycles. The van der Waals surface area contributed by atoms with Crippen molar-refractivity contribution < 1.29 is 4.79 Å². The Morgan fingerprint density at radius 2 is 1.85 bits per heavy atom. The molecule has 0 radical (unpaired) electrons. The fraction of sp³-hybridized carbons (Fsp3) is 0.588. The van der Waals surface area contributed by atoms with E-state index in [0.29, 0.717) is 6.42 Å². The number of rotatable bonds is 6. The zero-order chi connectivity index (χ0) is 15.2. The molecule has 1 rings (SSSR count). The molecule has 0 saturated carbocycles. The summed E-state index contributed by atoms with van der Waals surface area (Å²) in [6.45, 7) is 6.99. The van der Waals surface area contributed by atoms with Crippen molar-refractivity contribution in [3.8, 4) is 0 Å². The van der Waals surface area contributed by atoms with Gasteiger partial charge in [0.2, 0.25) is 5.91 Å². The van der Waals surface area contributed by atoms with Crippen LogP contribution in [0.4, 0.5) is 0 Å². The highest BCUT2D eigenvalue weighted by Gasteiger charge is 2.24. The molecule has 1 aromatic rings. The van der Waals surface area contributed by atoms with E-state index in [2.05, 4.69) is 32.9 Å². The Morgan fingerprint density at radius 3 is 2.40 bits per heavy atom. The summed E-state index contributed by atoms with van der Waals surface area (Å²) in [5.41, 5.74) is 7.35. The quantitative estimate of drug-likeness (QED) is 0.868. The van der Waals surface area contributed by atoms with Crippen LogP contribution in [0.15, 0.2) is 30.3 Å². The van der Waals surface area contributed by atoms with E-state index in [9.17, 15) is 4.79 Å². The van der Waals surface area contributed by atoms with Crippen molar-refractivity contribution in [2.75, 3.05) is 13.6 Å². The van der Waals surface area contributed by atoms with Crippen molar-refractivity contribution in [1.29, 1.82) is 0 Å². The molecule has 0 aliphatic rings. The average Bonchev–Trinajstić information content (AvgIpc) is 2.38. The normalized spacial score (nSPS) is 13.1. The molecule has 3 heteroatoms. The van der Waals surface area contributed by atoms with Gasteiger partial charge in [0, 0.05) is 26.1 Å². The molecule has 0 aliphatic heterocycles. The van der Waals surface area contributed by atoms with Gasteiger partial charge in [0.1, 0.15) is 0 Å². The highest BCUT2D eigenvalue weighted by molar-refractivity contribution is 5.76. The third-order valence-electron chi connectivity index (χ3n) is 3.73. The van der Waals surface area contributed by atoms with E-state index in [1.54, 1.807) is 4.90 Å². The van der Waals surface area contributed by atoms with Gasteiger partial charge in [-0.25, -0.2) is 0 Å². The smallest absolute Gasteiger partial charge is 0.223 e. The molecule has 0 aliphatic carbocycles. The number of carbonyl (C=O) groups excluding carboxylic acids is 1. The van der Waals surface area contributed by atoms with E-state index in [0.717, 1.165) is 19.4 Å². The number of nitrogens with zero attached hydrogens (tertiary/aromatic N) is 1. The van der Waals surface area contributed by atoms with E-state index in [1.165, 1.54) is 5.56 Å². The van der Waals surface area contributed by atoms with Crippen LogP contribution in [0.1, 0.15) is 39.2 Å². The molecule has 1 aromatic carbocycles. The van der Waals surface area contributed by atoms with Crippen LogP contribution in [0.2, 0.25) is 0 Å². The summed E-state index contributed by atoms with van der Waals surface area (Å²) in [6, 6.07) is 10.3. The van der Waals surface area contributed by atoms with Crippen molar-refractivity contribution in [3.63, 3.8) is 0 Å². The summed E-state index contributed by atoms with van der Waals surface area (Å²) < 4.78 is 0. The molecule has 3 nitrogen and oxygen atoms in total. The minimum Gasteiger partial charge on any atom is -0.346 e. The molecule has 0 fully saturated rings. The van der Waals surface area contributed by atoms with Crippen LogP contribution in [-0.2, 0) is 11.2 Å². The Kier molecular flexibility index (Phi) is 6.21. The fourth-order valence-electron chi connectivity index (χ4n) is 1.94. The minimum atomic E-state index is -0.0911. The van der Waals surface area contributed by atoms with Gasteiger partial charge in [-0.15, -0.1) is 0 Å². The second-order valence-electron chi connectivity index (χ2n) is 6.58. The van der Waals surface area contributed by atoms with E-state index >= 15 is 0 Å². The second kappa shape index (κ2) is 7.44. The molecule has 0 saturated heterocycles. The first-order chi connectivity index (χ1) is 9.30. The largest absolute Gasteiger partial charge is 0.346 e. The van der Waals surface area contributed by atoms with E-state index < -0.39 is 0 Å². The number of benzene rings is 1. The molecule has 0 bridgehead atoms. The fourth-order valence-corrected chi connectivity index (χ4v) is 1.94. The summed E-state index contributed by atoms with van der Waals surface area (Å²) in [5.74, 6) is 0.139. The van der Waals surface area contributed by atoms with Gasteiger partial charge in [-0.1, -0.05) is 51.1 Å². The highest BCUT2D eigenvalue weighted by Crippen LogP contribution is 2.20. The van der Waals surface area contributed by atoms with Crippen molar-refractivity contribution in [1.82, 2.24) is 4.90 Å². The van der Waals surface area contributed by atoms with Gasteiger partial charge in [0.25, 0.3) is 0 Å². The zero-order valence-electron chi connectivity index (χ0n) is 13.2. The van der Waals surface area contributed by atoms with Crippen molar-refractivity contribution >= 4 is 5.91 Å². The molecule has 2 N–H and O–H groups in total. The number of amides is 1. The predicted molar refractivity (Wildman–Crippen MR) is 84.4 cm³/mol. The summed E-state index contributed by atoms with van der Waals surface area (Å²) in [4.78, 5) is 13.9. The Bertz CT molecular complexity index is 409. The Hall–Kier alpha value is -1.35. The third kappa shape index (κ3) is 5.74. The maximum atomic E-state index is 12.1. The SMILES string of the molecule is CN(CCCc1ccccc1)C(=O)CC(N)C(C)(C)C. The first kappa shape index (κ1) is 16.7. The maximum absolute atomic E-state index is 12.1. The summed E-state index contributed by atoms with van der Waals surface area (Å²) in [6.07, 6.45) is 2.41. The first-order valence-electron chi connectivity index (χ1n) is 7.34. The topological polar surface area (TPSA) is 46.3 Å². The molecule has 1 amide bonds. The van der Waals surface area contributed by atoms with Crippen LogP contribution in [-0.4, -0.2) is 30.4 Å². The van der Waals surface area contributed by atoms with Crippen LogP contribution >= 0.6 is 0 Å². The molecule has 0 spiro atoms. The second-order valence-corrected chi connectivity index (χ2v) is 6.58. The van der Waals surface area contributed by atoms with Crippen LogP contribution in [0.3, 0.4) is 0 Å². The van der Waals surface area contributed by atoms with Gasteiger partial charge in [-0.05, 0) is 23.8 Å². The van der Waals surface area contributed by atoms with Gasteiger partial charge in [0.15, 0.2) is 0 Å². The molecular weight excluding hydrogens is 248 g/mol. The van der Waals surface area contributed by atoms with Crippen LogP contribution < -0.4 is 5.73 Å². The Labute approximate surface area is 123 Å². The van der Waals surface area contributed by atoms with Gasteiger partial charge in [0.05, 0.1) is 0 Å². The molecule has 1 atom stereocenters. The van der Waals surface area contributed by atoms with Crippen molar-refractivity contribution in [2.24, 2.45) is 11.1 Å². The van der Waals surface area contributed by atoms with Crippen molar-refractivity contribution in [2.45, 2.75) is 46.1 Å². The standard InChI is InChI=1S/C17H28N2O/c1-17(2,3)15(18)13-16(20)19(4)12-8-11-14-9-6-5-7-10-14/h5-7,9-10,15H,8,11-13,18H2,1-4H3. The lowest BCUT2D eigenvalue weighted by atomic mass is 9.85. The lowest BCUT2D eigenvalue weighted by molar-refractivity contribution is -0.130. The van der Waals surface area contributed by atoms with Gasteiger partial charge in [-0.3, -0.25) is 4.79 Å². The molecule has 112 valence electrons. The molecule has 20 heavy (non-hydrogen) atoms. The molecular formula is C17H28N2O. The lowest BCUT2D eigenvalue weighted by Gasteiger charge is -2.28. The predicted octanol–water partition coefficient (Wildman–Crippen LogP) is 2.84. The highest BCUT2D eigenvalue weighted by atomic mass is 16.2. The number of hydrogen-bond donors (Lipinski definition) is 1. The van der Waals surface area contributed by atoms with E-state index in [-0.39, 0.29) is 17.4 Å². The van der Waals surface area contributed by atoms with Gasteiger partial charge in [-0.2, -0.15) is 0 Å². The molecule has 0 aromatic heterocycles. The summed E-state index contributed by atoms with van der Waals surface area (Å²) in [5, 5.41) is 0. The Morgan fingerprint density at radius 1 is 1.25 bits per heavy atom. The monoisotopic (exact) mass is 276 g/mol. The van der Waals surface area contributed by atoms with Crippen molar-refractivity contribution in [3.05, 3.63) is 35.9 Å². The third-order valence-corrected chi connectivity index (χ3v) is 3.73. The van der Waals surface area contributed by atoms with Crippen LogP contribution in [0.25, 0.3) is 0 Å². The minimum absolute atomic E-state index is 0.0272. The summed E-state index contributed by atoms with van der Waals surface area (Å²) in [7, 11) is 1.86. The Balaban J connectivity index is 2.32. The van der Waals surface area contributed by atoms with Crippen LogP contribution in [0.5, 0.6) is 0 Å². The first-order valence-corrected chi connectivity index (χ1v) is 7.34. The van der Waals surface area contributed by atoms with E-state index in [4.69, 9.17) is 5.73 Å². The number of hydrogen-bond acceptors (Lipinski definition) is 2. The summed E-state index contributed by atoms with van der Waals surface area (Å²) >= 11 is 0.